The molecule has 30 heavy (non-hydrogen) atoms. The largest absolute Gasteiger partial charge is 0.466 e. The third-order valence-corrected chi connectivity index (χ3v) is 5.53. The van der Waals surface area contributed by atoms with Crippen LogP contribution in [-0.4, -0.2) is 30.6 Å². The van der Waals surface area contributed by atoms with E-state index in [1.807, 2.05) is 31.2 Å². The van der Waals surface area contributed by atoms with Gasteiger partial charge in [0.1, 0.15) is 0 Å². The Morgan fingerprint density at radius 1 is 1.17 bits per heavy atom. The molecule has 0 aliphatic carbocycles. The molecule has 2 aromatic carbocycles. The van der Waals surface area contributed by atoms with Gasteiger partial charge in [0.2, 0.25) is 0 Å². The van der Waals surface area contributed by atoms with Crippen LogP contribution in [0.25, 0.3) is 10.4 Å². The van der Waals surface area contributed by atoms with Crippen LogP contribution in [0.15, 0.2) is 53.6 Å². The van der Waals surface area contributed by atoms with Crippen molar-refractivity contribution in [2.45, 2.75) is 38.8 Å². The summed E-state index contributed by atoms with van der Waals surface area (Å²) in [6.45, 7) is 5.23. The number of esters is 1. The van der Waals surface area contributed by atoms with E-state index in [2.05, 4.69) is 39.2 Å². The number of nitrogens with zero attached hydrogens (tertiary/aromatic N) is 4. The Labute approximate surface area is 177 Å². The molecule has 1 fully saturated rings. The lowest BCUT2D eigenvalue weighted by molar-refractivity contribution is -0.144. The number of anilines is 1. The van der Waals surface area contributed by atoms with Crippen molar-refractivity contribution in [3.63, 3.8) is 0 Å². The Morgan fingerprint density at radius 2 is 1.87 bits per heavy atom. The van der Waals surface area contributed by atoms with Crippen LogP contribution in [0, 0.1) is 5.92 Å². The van der Waals surface area contributed by atoms with E-state index in [0.717, 1.165) is 37.3 Å². The Morgan fingerprint density at radius 3 is 2.53 bits per heavy atom. The maximum Gasteiger partial charge on any atom is 0.306 e. The highest BCUT2D eigenvalue weighted by Gasteiger charge is 2.30. The van der Waals surface area contributed by atoms with E-state index in [4.69, 9.17) is 16.0 Å². The van der Waals surface area contributed by atoms with Gasteiger partial charge in [-0.2, -0.15) is 0 Å². The molecular formula is C23H29N5O2. The summed E-state index contributed by atoms with van der Waals surface area (Å²) in [5.74, 6) is 0.482. The van der Waals surface area contributed by atoms with E-state index < -0.39 is 0 Å². The quantitative estimate of drug-likeness (QED) is 0.226. The maximum atomic E-state index is 12.1. The highest BCUT2D eigenvalue weighted by Crippen LogP contribution is 2.33. The molecule has 0 spiro atoms. The average molecular weight is 408 g/mol. The lowest BCUT2D eigenvalue weighted by Crippen LogP contribution is -2.40. The van der Waals surface area contributed by atoms with Crippen molar-refractivity contribution in [1.29, 1.82) is 0 Å². The predicted molar refractivity (Wildman–Crippen MR) is 118 cm³/mol. The minimum atomic E-state index is -0.122. The second kappa shape index (κ2) is 10.7. The van der Waals surface area contributed by atoms with Crippen LogP contribution in [-0.2, 0) is 22.6 Å². The summed E-state index contributed by atoms with van der Waals surface area (Å²) in [7, 11) is 0. The van der Waals surface area contributed by atoms with Crippen molar-refractivity contribution < 1.29 is 9.53 Å². The van der Waals surface area contributed by atoms with Gasteiger partial charge in [0.15, 0.2) is 0 Å². The van der Waals surface area contributed by atoms with E-state index >= 15 is 0 Å². The van der Waals surface area contributed by atoms with Crippen LogP contribution < -0.4 is 5.73 Å². The van der Waals surface area contributed by atoms with Crippen LogP contribution >= 0.6 is 0 Å². The molecule has 1 heterocycles. The number of nitrogen functional groups attached to an aromatic ring is 1. The van der Waals surface area contributed by atoms with E-state index in [0.29, 0.717) is 25.5 Å². The van der Waals surface area contributed by atoms with E-state index in [1.54, 1.807) is 0 Å². The van der Waals surface area contributed by atoms with Crippen LogP contribution in [0.1, 0.15) is 42.4 Å². The minimum Gasteiger partial charge on any atom is -0.466 e. The van der Waals surface area contributed by atoms with Crippen molar-refractivity contribution in [2.24, 2.45) is 11.0 Å². The SMILES string of the molecule is CCOC(=O)CC1CC(c2ccc(N)cc2)CN(Cc2ccc(CN=[N+]=[N-])cc2)C1. The smallest absolute Gasteiger partial charge is 0.306 e. The molecule has 0 amide bonds. The summed E-state index contributed by atoms with van der Waals surface area (Å²) in [6, 6.07) is 16.2. The number of nitrogens with two attached hydrogens (primary N) is 1. The molecule has 7 heteroatoms. The molecule has 7 nitrogen and oxygen atoms in total. The Kier molecular flexibility index (Phi) is 7.71. The predicted octanol–water partition coefficient (Wildman–Crippen LogP) is 4.64. The summed E-state index contributed by atoms with van der Waals surface area (Å²) in [5.41, 5.74) is 18.5. The summed E-state index contributed by atoms with van der Waals surface area (Å²) in [5, 5.41) is 3.61. The molecule has 1 aliphatic rings. The summed E-state index contributed by atoms with van der Waals surface area (Å²) < 4.78 is 5.19. The van der Waals surface area contributed by atoms with Crippen molar-refractivity contribution in [1.82, 2.24) is 4.90 Å². The zero-order chi connectivity index (χ0) is 21.3. The van der Waals surface area contributed by atoms with Gasteiger partial charge in [0, 0.05) is 36.7 Å². The van der Waals surface area contributed by atoms with Gasteiger partial charge in [-0.3, -0.25) is 9.69 Å². The van der Waals surface area contributed by atoms with Crippen LogP contribution in [0.4, 0.5) is 5.69 Å². The molecule has 2 atom stereocenters. The zero-order valence-corrected chi connectivity index (χ0v) is 17.4. The molecule has 0 saturated carbocycles. The molecule has 2 aromatic rings. The molecular weight excluding hydrogens is 378 g/mol. The lowest BCUT2D eigenvalue weighted by atomic mass is 9.83. The second-order valence-corrected chi connectivity index (χ2v) is 7.87. The Bertz CT molecular complexity index is 875. The molecule has 2 unspecified atom stereocenters. The third-order valence-electron chi connectivity index (χ3n) is 5.53. The van der Waals surface area contributed by atoms with E-state index in [-0.39, 0.29) is 11.9 Å². The number of likely N-dealkylation sites (tertiary alicyclic amines) is 1. The van der Waals surface area contributed by atoms with Gasteiger partial charge in [-0.05, 0) is 59.5 Å². The number of benzene rings is 2. The summed E-state index contributed by atoms with van der Waals surface area (Å²) in [6.07, 6.45) is 1.41. The number of ether oxygens (including phenoxy) is 1. The lowest BCUT2D eigenvalue weighted by Gasteiger charge is -2.38. The normalized spacial score (nSPS) is 19.1. The number of azide groups is 1. The first kappa shape index (κ1) is 21.7. The van der Waals surface area contributed by atoms with Gasteiger partial charge in [-0.15, -0.1) is 0 Å². The first-order chi connectivity index (χ1) is 14.6. The molecule has 3 rings (SSSR count). The fourth-order valence-corrected chi connectivity index (χ4v) is 4.17. The van der Waals surface area contributed by atoms with E-state index in [1.165, 1.54) is 11.1 Å². The first-order valence-corrected chi connectivity index (χ1v) is 10.4. The van der Waals surface area contributed by atoms with Gasteiger partial charge in [0.05, 0.1) is 13.2 Å². The first-order valence-electron chi connectivity index (χ1n) is 10.4. The molecule has 0 aromatic heterocycles. The van der Waals surface area contributed by atoms with Crippen molar-refractivity contribution in [2.75, 3.05) is 25.4 Å². The highest BCUT2D eigenvalue weighted by molar-refractivity contribution is 5.69. The number of carbonyl (C=O) groups is 1. The van der Waals surface area contributed by atoms with Gasteiger partial charge in [0.25, 0.3) is 0 Å². The topological polar surface area (TPSA) is 104 Å². The number of piperidine rings is 1. The van der Waals surface area contributed by atoms with Gasteiger partial charge < -0.3 is 10.5 Å². The van der Waals surface area contributed by atoms with Crippen LogP contribution in [0.3, 0.4) is 0 Å². The van der Waals surface area contributed by atoms with Crippen molar-refractivity contribution in [3.8, 4) is 0 Å². The number of rotatable bonds is 8. The third kappa shape index (κ3) is 6.24. The maximum absolute atomic E-state index is 12.1. The number of hydrogen-bond donors (Lipinski definition) is 1. The molecule has 1 aliphatic heterocycles. The second-order valence-electron chi connectivity index (χ2n) is 7.87. The van der Waals surface area contributed by atoms with Gasteiger partial charge >= 0.3 is 5.97 Å². The van der Waals surface area contributed by atoms with Crippen molar-refractivity contribution >= 4 is 11.7 Å². The molecule has 0 radical (unpaired) electrons. The van der Waals surface area contributed by atoms with Crippen molar-refractivity contribution in [3.05, 3.63) is 75.7 Å². The number of hydrogen-bond acceptors (Lipinski definition) is 5. The average Bonchev–Trinajstić information content (AvgIpc) is 2.74. The Hall–Kier alpha value is -3.02. The fraction of sp³-hybridized carbons (Fsp3) is 0.435. The molecule has 1 saturated heterocycles. The summed E-state index contributed by atoms with van der Waals surface area (Å²) >= 11 is 0. The molecule has 0 bridgehead atoms. The van der Waals surface area contributed by atoms with Crippen LogP contribution in [0.2, 0.25) is 0 Å². The number of carbonyl (C=O) groups excluding carboxylic acids is 1. The standard InChI is InChI=1S/C23H29N5O2/c1-2-30-23(29)12-19-11-21(20-7-9-22(24)10-8-20)16-28(15-19)14-18-5-3-17(4-6-18)13-26-27-25/h3-10,19,21H,2,11-16,24H2,1H3. The van der Waals surface area contributed by atoms with Gasteiger partial charge in [-0.1, -0.05) is 41.5 Å². The van der Waals surface area contributed by atoms with Gasteiger partial charge in [-0.25, -0.2) is 0 Å². The van der Waals surface area contributed by atoms with E-state index in [9.17, 15) is 4.79 Å². The zero-order valence-electron chi connectivity index (χ0n) is 17.4. The fourth-order valence-electron chi connectivity index (χ4n) is 4.17. The highest BCUT2D eigenvalue weighted by atomic mass is 16.5. The molecule has 158 valence electrons. The summed E-state index contributed by atoms with van der Waals surface area (Å²) in [4.78, 5) is 17.3. The Balaban J connectivity index is 1.71. The minimum absolute atomic E-state index is 0.122. The van der Waals surface area contributed by atoms with Crippen LogP contribution in [0.5, 0.6) is 0 Å². The molecule has 2 N–H and O–H groups in total. The monoisotopic (exact) mass is 407 g/mol.